The summed E-state index contributed by atoms with van der Waals surface area (Å²) in [5, 5.41) is 3.42. The Kier molecular flexibility index (Phi) is 3.21. The van der Waals surface area contributed by atoms with E-state index in [1.807, 2.05) is 48.5 Å². The molecule has 4 heterocycles. The van der Waals surface area contributed by atoms with E-state index in [0.29, 0.717) is 54.8 Å². The lowest BCUT2D eigenvalue weighted by Crippen LogP contribution is -2.41. The van der Waals surface area contributed by atoms with Crippen molar-refractivity contribution in [1.82, 2.24) is 19.8 Å². The monoisotopic (exact) mass is 472 g/mol. The van der Waals surface area contributed by atoms with Gasteiger partial charge in [0.25, 0.3) is 23.6 Å². The highest BCUT2D eigenvalue weighted by atomic mass is 16.2. The van der Waals surface area contributed by atoms with Gasteiger partial charge < -0.3 is 9.97 Å². The van der Waals surface area contributed by atoms with Crippen LogP contribution in [0.25, 0.3) is 54.4 Å². The molecule has 36 heavy (non-hydrogen) atoms. The van der Waals surface area contributed by atoms with Crippen LogP contribution in [0.2, 0.25) is 0 Å². The molecule has 4 amide bonds. The van der Waals surface area contributed by atoms with E-state index in [1.54, 1.807) is 0 Å². The normalized spacial score (nSPS) is 15.6. The maximum atomic E-state index is 13.7. The maximum absolute atomic E-state index is 13.7. The molecule has 0 atom stereocenters. The lowest BCUT2D eigenvalue weighted by molar-refractivity contribution is 0.0633. The van der Waals surface area contributed by atoms with Crippen molar-refractivity contribution in [3.63, 3.8) is 0 Å². The predicted molar refractivity (Wildman–Crippen MR) is 136 cm³/mol. The number of amides is 4. The predicted octanol–water partition coefficient (Wildman–Crippen LogP) is 4.56. The zero-order valence-corrected chi connectivity index (χ0v) is 19.1. The Balaban J connectivity index is 1.82. The molecule has 0 bridgehead atoms. The molecular weight excluding hydrogens is 456 g/mol. The highest BCUT2D eigenvalue weighted by Crippen LogP contribution is 2.48. The SMILES string of the molecule is CN1C(=O)c2c3[nH]c4ccccc4c3c3c4c(c5[nH]c6ccccc6c5c(c24)C1=O)C(=O)N(C)C3=O. The van der Waals surface area contributed by atoms with Gasteiger partial charge in [0.15, 0.2) is 0 Å². The van der Waals surface area contributed by atoms with Crippen LogP contribution >= 0.6 is 0 Å². The second-order valence-electron chi connectivity index (χ2n) is 9.43. The fourth-order valence-corrected chi connectivity index (χ4v) is 6.14. The molecule has 0 saturated carbocycles. The summed E-state index contributed by atoms with van der Waals surface area (Å²) in [4.78, 5) is 63.8. The van der Waals surface area contributed by atoms with Crippen LogP contribution in [0.5, 0.6) is 0 Å². The lowest BCUT2D eigenvalue weighted by Gasteiger charge is -2.31. The first-order valence-corrected chi connectivity index (χ1v) is 11.5. The fourth-order valence-electron chi connectivity index (χ4n) is 6.14. The highest BCUT2D eigenvalue weighted by molar-refractivity contribution is 6.45. The number of carbonyl (C=O) groups is 4. The first-order valence-electron chi connectivity index (χ1n) is 11.5. The summed E-state index contributed by atoms with van der Waals surface area (Å²) in [5.41, 5.74) is 3.75. The van der Waals surface area contributed by atoms with Gasteiger partial charge in [0.05, 0.1) is 33.3 Å². The number of benzene rings is 4. The highest BCUT2D eigenvalue weighted by Gasteiger charge is 2.43. The molecule has 2 aliphatic rings. The van der Waals surface area contributed by atoms with Gasteiger partial charge in [-0.3, -0.25) is 29.0 Å². The number of para-hydroxylation sites is 2. The summed E-state index contributed by atoms with van der Waals surface area (Å²) in [6.07, 6.45) is 0. The van der Waals surface area contributed by atoms with E-state index >= 15 is 0 Å². The standard InChI is InChI=1S/C28H16N4O4/c1-31-25(33)19-15-11-7-3-5-9-13(11)30-24(15)22-18-17(19)21(27(31)35)23-16(12-8-4-6-10-14(12)29-23)20(18)26(34)32(2)28(22)36/h3-10,29-30H,1-2H3. The average molecular weight is 472 g/mol. The molecule has 8 nitrogen and oxygen atoms in total. The zero-order chi connectivity index (χ0) is 24.6. The van der Waals surface area contributed by atoms with Crippen LogP contribution in [0, 0.1) is 0 Å². The van der Waals surface area contributed by atoms with Gasteiger partial charge >= 0.3 is 0 Å². The Morgan fingerprint density at radius 1 is 0.500 bits per heavy atom. The Bertz CT molecular complexity index is 1960. The molecule has 0 saturated heterocycles. The maximum Gasteiger partial charge on any atom is 0.263 e. The number of aromatic amines is 2. The molecule has 4 aromatic carbocycles. The van der Waals surface area contributed by atoms with Crippen LogP contribution < -0.4 is 0 Å². The minimum Gasteiger partial charge on any atom is -0.354 e. The van der Waals surface area contributed by atoms with Gasteiger partial charge in [-0.2, -0.15) is 0 Å². The van der Waals surface area contributed by atoms with E-state index < -0.39 is 23.6 Å². The van der Waals surface area contributed by atoms with Crippen molar-refractivity contribution in [2.24, 2.45) is 0 Å². The van der Waals surface area contributed by atoms with Crippen LogP contribution in [-0.2, 0) is 0 Å². The van der Waals surface area contributed by atoms with E-state index in [1.165, 1.54) is 14.1 Å². The number of imide groups is 2. The molecule has 172 valence electrons. The number of hydrogen-bond donors (Lipinski definition) is 2. The third-order valence-electron chi connectivity index (χ3n) is 7.74. The van der Waals surface area contributed by atoms with Crippen LogP contribution in [0.1, 0.15) is 41.4 Å². The molecule has 8 rings (SSSR count). The molecule has 6 aromatic rings. The third kappa shape index (κ3) is 1.92. The van der Waals surface area contributed by atoms with E-state index in [-0.39, 0.29) is 0 Å². The van der Waals surface area contributed by atoms with Gasteiger partial charge in [0.2, 0.25) is 0 Å². The summed E-state index contributed by atoms with van der Waals surface area (Å²) in [6.45, 7) is 0. The number of nitrogens with one attached hydrogen (secondary N) is 2. The molecule has 0 fully saturated rings. The summed E-state index contributed by atoms with van der Waals surface area (Å²) in [7, 11) is 2.93. The van der Waals surface area contributed by atoms with Gasteiger partial charge in [0, 0.05) is 57.4 Å². The summed E-state index contributed by atoms with van der Waals surface area (Å²) in [5.74, 6) is -1.87. The topological polar surface area (TPSA) is 106 Å². The lowest BCUT2D eigenvalue weighted by atomic mass is 9.81. The van der Waals surface area contributed by atoms with Gasteiger partial charge in [-0.05, 0) is 12.1 Å². The molecule has 8 heteroatoms. The molecule has 0 spiro atoms. The molecule has 2 aromatic heterocycles. The Morgan fingerprint density at radius 3 is 1.28 bits per heavy atom. The summed E-state index contributed by atoms with van der Waals surface area (Å²) >= 11 is 0. The number of H-pyrrole nitrogens is 2. The van der Waals surface area contributed by atoms with E-state index in [2.05, 4.69) is 9.97 Å². The van der Waals surface area contributed by atoms with Gasteiger partial charge in [-0.15, -0.1) is 0 Å². The largest absolute Gasteiger partial charge is 0.354 e. The molecule has 2 aliphatic heterocycles. The van der Waals surface area contributed by atoms with Crippen molar-refractivity contribution < 1.29 is 19.2 Å². The smallest absolute Gasteiger partial charge is 0.263 e. The van der Waals surface area contributed by atoms with Crippen LogP contribution in [-0.4, -0.2) is 57.5 Å². The molecule has 2 N–H and O–H groups in total. The molecular formula is C28H16N4O4. The number of hydrogen-bond acceptors (Lipinski definition) is 4. The number of carbonyl (C=O) groups excluding carboxylic acids is 4. The zero-order valence-electron chi connectivity index (χ0n) is 19.1. The van der Waals surface area contributed by atoms with E-state index in [9.17, 15) is 19.2 Å². The number of nitrogens with zero attached hydrogens (tertiary/aromatic N) is 2. The van der Waals surface area contributed by atoms with E-state index in [0.717, 1.165) is 31.6 Å². The van der Waals surface area contributed by atoms with Crippen molar-refractivity contribution in [1.29, 1.82) is 0 Å². The van der Waals surface area contributed by atoms with Crippen LogP contribution in [0.15, 0.2) is 48.5 Å². The van der Waals surface area contributed by atoms with Crippen molar-refractivity contribution in [3.05, 3.63) is 70.8 Å². The Labute approximate surface area is 202 Å². The number of fused-ring (bicyclic) bond motifs is 10. The quantitative estimate of drug-likeness (QED) is 0.316. The van der Waals surface area contributed by atoms with Crippen molar-refractivity contribution >= 4 is 78.0 Å². The van der Waals surface area contributed by atoms with Crippen molar-refractivity contribution in [2.75, 3.05) is 14.1 Å². The van der Waals surface area contributed by atoms with Crippen LogP contribution in [0.4, 0.5) is 0 Å². The first-order chi connectivity index (χ1) is 17.4. The molecule has 0 unspecified atom stereocenters. The number of aromatic nitrogens is 2. The second kappa shape index (κ2) is 5.98. The average Bonchev–Trinajstić information content (AvgIpc) is 3.46. The third-order valence-corrected chi connectivity index (χ3v) is 7.74. The molecule has 0 radical (unpaired) electrons. The van der Waals surface area contributed by atoms with Gasteiger partial charge in [-0.1, -0.05) is 36.4 Å². The minimum atomic E-state index is -0.473. The van der Waals surface area contributed by atoms with Crippen molar-refractivity contribution in [3.8, 4) is 0 Å². The van der Waals surface area contributed by atoms with Crippen molar-refractivity contribution in [2.45, 2.75) is 0 Å². The summed E-state index contributed by atoms with van der Waals surface area (Å²) < 4.78 is 0. The fraction of sp³-hybridized carbons (Fsp3) is 0.0714. The van der Waals surface area contributed by atoms with E-state index in [4.69, 9.17) is 0 Å². The van der Waals surface area contributed by atoms with Gasteiger partial charge in [0.1, 0.15) is 0 Å². The first kappa shape index (κ1) is 19.3. The minimum absolute atomic E-state index is 0.302. The Morgan fingerprint density at radius 2 is 0.861 bits per heavy atom. The van der Waals surface area contributed by atoms with Crippen LogP contribution in [0.3, 0.4) is 0 Å². The number of rotatable bonds is 0. The second-order valence-corrected chi connectivity index (χ2v) is 9.43. The molecule has 0 aliphatic carbocycles. The summed E-state index contributed by atoms with van der Waals surface area (Å²) in [6, 6.07) is 15.0. The van der Waals surface area contributed by atoms with Gasteiger partial charge in [-0.25, -0.2) is 0 Å². The Hall–Kier alpha value is -4.98.